The van der Waals surface area contributed by atoms with Gasteiger partial charge in [-0.2, -0.15) is 0 Å². The third-order valence-electron chi connectivity index (χ3n) is 4.12. The number of imidazole rings is 1. The maximum Gasteiger partial charge on any atom is 0.234 e. The Labute approximate surface area is 136 Å². The molecule has 2 aromatic heterocycles. The molecule has 3 rings (SSSR count). The molecule has 2 heterocycles. The zero-order valence-corrected chi connectivity index (χ0v) is 13.6. The highest BCUT2D eigenvalue weighted by molar-refractivity contribution is 5.78. The number of rotatable bonds is 7. The van der Waals surface area contributed by atoms with E-state index in [9.17, 15) is 4.79 Å². The molecule has 6 heteroatoms. The third kappa shape index (κ3) is 4.16. The summed E-state index contributed by atoms with van der Waals surface area (Å²) in [7, 11) is 3.90. The lowest BCUT2D eigenvalue weighted by Gasteiger charge is -2.21. The molecular formula is C17H23N5O. The van der Waals surface area contributed by atoms with Gasteiger partial charge in [0.1, 0.15) is 5.82 Å². The van der Waals surface area contributed by atoms with Crippen LogP contribution >= 0.6 is 0 Å². The fraction of sp³-hybridized carbons (Fsp3) is 0.471. The maximum absolute atomic E-state index is 12.4. The topological polar surface area (TPSA) is 63.1 Å². The van der Waals surface area contributed by atoms with Crippen molar-refractivity contribution >= 4 is 5.91 Å². The summed E-state index contributed by atoms with van der Waals surface area (Å²) >= 11 is 0. The lowest BCUT2D eigenvalue weighted by atomic mass is 10.1. The Morgan fingerprint density at radius 1 is 1.39 bits per heavy atom. The minimum atomic E-state index is 0.0192. The zero-order chi connectivity index (χ0) is 16.2. The van der Waals surface area contributed by atoms with Crippen LogP contribution in [0.1, 0.15) is 30.4 Å². The van der Waals surface area contributed by atoms with Crippen molar-refractivity contribution in [2.75, 3.05) is 13.6 Å². The second kappa shape index (κ2) is 6.91. The number of carbonyl (C=O) groups excluding carboxylic acids is 1. The summed E-state index contributed by atoms with van der Waals surface area (Å²) in [5.74, 6) is 1.48. The van der Waals surface area contributed by atoms with Crippen molar-refractivity contribution < 1.29 is 4.79 Å². The largest absolute Gasteiger partial charge is 0.345 e. The molecule has 0 bridgehead atoms. The molecule has 1 atom stereocenters. The third-order valence-corrected chi connectivity index (χ3v) is 4.12. The summed E-state index contributed by atoms with van der Waals surface area (Å²) in [6.07, 6.45) is 7.78. The van der Waals surface area contributed by atoms with Crippen molar-refractivity contribution in [2.24, 2.45) is 13.0 Å². The number of hydrogen-bond donors (Lipinski definition) is 1. The van der Waals surface area contributed by atoms with Crippen LogP contribution in [0.5, 0.6) is 0 Å². The molecule has 0 unspecified atom stereocenters. The van der Waals surface area contributed by atoms with Crippen molar-refractivity contribution in [3.63, 3.8) is 0 Å². The molecule has 1 aliphatic carbocycles. The summed E-state index contributed by atoms with van der Waals surface area (Å²) < 4.78 is 1.99. The molecule has 1 amide bonds. The minimum absolute atomic E-state index is 0.0192. The van der Waals surface area contributed by atoms with Crippen LogP contribution in [0.25, 0.3) is 0 Å². The number of nitrogens with zero attached hydrogens (tertiary/aromatic N) is 4. The highest BCUT2D eigenvalue weighted by Crippen LogP contribution is 2.40. The van der Waals surface area contributed by atoms with Gasteiger partial charge in [0.05, 0.1) is 18.3 Å². The first-order valence-electron chi connectivity index (χ1n) is 7.98. The van der Waals surface area contributed by atoms with Gasteiger partial charge in [0, 0.05) is 32.2 Å². The zero-order valence-electron chi connectivity index (χ0n) is 13.6. The summed E-state index contributed by atoms with van der Waals surface area (Å²) in [5.41, 5.74) is 0.964. The van der Waals surface area contributed by atoms with E-state index in [2.05, 4.69) is 15.3 Å². The molecular weight excluding hydrogens is 290 g/mol. The van der Waals surface area contributed by atoms with Crippen LogP contribution in [0.3, 0.4) is 0 Å². The van der Waals surface area contributed by atoms with Gasteiger partial charge in [0.2, 0.25) is 5.91 Å². The Morgan fingerprint density at radius 3 is 2.83 bits per heavy atom. The van der Waals surface area contributed by atoms with Crippen LogP contribution in [0.15, 0.2) is 36.8 Å². The van der Waals surface area contributed by atoms with E-state index in [1.165, 1.54) is 0 Å². The van der Waals surface area contributed by atoms with Crippen molar-refractivity contribution in [3.8, 4) is 0 Å². The maximum atomic E-state index is 12.4. The summed E-state index contributed by atoms with van der Waals surface area (Å²) in [6, 6.07) is 5.84. The van der Waals surface area contributed by atoms with Gasteiger partial charge in [-0.3, -0.25) is 14.7 Å². The first-order chi connectivity index (χ1) is 11.1. The Hall–Kier alpha value is -2.21. The summed E-state index contributed by atoms with van der Waals surface area (Å²) in [6.45, 7) is 1.01. The molecule has 122 valence electrons. The Balaban J connectivity index is 1.56. The Bertz CT molecular complexity index is 650. The molecule has 1 saturated carbocycles. The van der Waals surface area contributed by atoms with E-state index in [-0.39, 0.29) is 11.9 Å². The number of aryl methyl sites for hydroxylation is 1. The quantitative estimate of drug-likeness (QED) is 0.842. The van der Waals surface area contributed by atoms with Crippen LogP contribution in [0.4, 0.5) is 0 Å². The molecule has 6 nitrogen and oxygen atoms in total. The number of likely N-dealkylation sites (N-methyl/N-ethyl adjacent to an activating group) is 1. The van der Waals surface area contributed by atoms with Crippen molar-refractivity contribution in [1.29, 1.82) is 0 Å². The van der Waals surface area contributed by atoms with Gasteiger partial charge >= 0.3 is 0 Å². The van der Waals surface area contributed by atoms with E-state index in [0.29, 0.717) is 19.0 Å². The number of carbonyl (C=O) groups is 1. The molecule has 0 aromatic carbocycles. The van der Waals surface area contributed by atoms with Crippen LogP contribution in [-0.4, -0.2) is 38.9 Å². The Kier molecular flexibility index (Phi) is 4.71. The first kappa shape index (κ1) is 15.7. The first-order valence-corrected chi connectivity index (χ1v) is 7.98. The fourth-order valence-electron chi connectivity index (χ4n) is 2.79. The summed E-state index contributed by atoms with van der Waals surface area (Å²) in [5, 5.41) is 3.15. The van der Waals surface area contributed by atoms with Crippen molar-refractivity contribution in [1.82, 2.24) is 24.8 Å². The number of pyridine rings is 1. The van der Waals surface area contributed by atoms with Crippen LogP contribution in [-0.2, 0) is 18.4 Å². The molecule has 1 N–H and O–H groups in total. The molecule has 0 spiro atoms. The van der Waals surface area contributed by atoms with Gasteiger partial charge in [-0.1, -0.05) is 6.07 Å². The monoisotopic (exact) mass is 313 g/mol. The summed E-state index contributed by atoms with van der Waals surface area (Å²) in [4.78, 5) is 23.0. The second-order valence-corrected chi connectivity index (χ2v) is 6.27. The van der Waals surface area contributed by atoms with Crippen molar-refractivity contribution in [2.45, 2.75) is 25.4 Å². The molecule has 0 radical (unpaired) electrons. The van der Waals surface area contributed by atoms with Gasteiger partial charge in [-0.05, 0) is 37.9 Å². The lowest BCUT2D eigenvalue weighted by molar-refractivity contribution is -0.123. The van der Waals surface area contributed by atoms with Gasteiger partial charge in [0.15, 0.2) is 0 Å². The molecule has 2 aromatic rings. The number of aromatic nitrogens is 3. The van der Waals surface area contributed by atoms with Crippen LogP contribution in [0.2, 0.25) is 0 Å². The van der Waals surface area contributed by atoms with Crippen LogP contribution in [0, 0.1) is 5.92 Å². The van der Waals surface area contributed by atoms with Crippen LogP contribution < -0.4 is 5.32 Å². The number of hydrogen-bond acceptors (Lipinski definition) is 4. The molecule has 0 saturated heterocycles. The van der Waals surface area contributed by atoms with Gasteiger partial charge in [0.25, 0.3) is 0 Å². The van der Waals surface area contributed by atoms with E-state index in [4.69, 9.17) is 0 Å². The predicted molar refractivity (Wildman–Crippen MR) is 87.4 cm³/mol. The van der Waals surface area contributed by atoms with Gasteiger partial charge in [-0.15, -0.1) is 0 Å². The van der Waals surface area contributed by atoms with Gasteiger partial charge in [-0.25, -0.2) is 4.98 Å². The molecule has 0 aliphatic heterocycles. The van der Waals surface area contributed by atoms with E-state index in [0.717, 1.165) is 24.4 Å². The highest BCUT2D eigenvalue weighted by Gasteiger charge is 2.35. The normalized spacial score (nSPS) is 15.6. The standard InChI is InChI=1S/C17H23N5O/c1-21(11-14-5-3-4-8-18-14)12-15(23)20-16(13-6-7-13)17-19-9-10-22(17)2/h3-5,8-10,13,16H,6-7,11-12H2,1-2H3,(H,20,23)/t16-/m1/s1. The Morgan fingerprint density at radius 2 is 2.22 bits per heavy atom. The van der Waals surface area contributed by atoms with Gasteiger partial charge < -0.3 is 9.88 Å². The number of nitrogens with one attached hydrogen (secondary N) is 1. The average Bonchev–Trinajstić information content (AvgIpc) is 3.27. The lowest BCUT2D eigenvalue weighted by Crippen LogP contribution is -2.38. The van der Waals surface area contributed by atoms with E-state index in [1.807, 2.05) is 48.0 Å². The highest BCUT2D eigenvalue weighted by atomic mass is 16.2. The molecule has 1 aliphatic rings. The fourth-order valence-corrected chi connectivity index (χ4v) is 2.79. The molecule has 23 heavy (non-hydrogen) atoms. The molecule has 1 fully saturated rings. The van der Waals surface area contributed by atoms with E-state index < -0.39 is 0 Å². The smallest absolute Gasteiger partial charge is 0.234 e. The second-order valence-electron chi connectivity index (χ2n) is 6.27. The van der Waals surface area contributed by atoms with E-state index >= 15 is 0 Å². The minimum Gasteiger partial charge on any atom is -0.345 e. The predicted octanol–water partition coefficient (Wildman–Crippen LogP) is 1.51. The SMILES string of the molecule is CN(CC(=O)N[C@@H](c1nccn1C)C1CC1)Cc1ccccn1. The number of amides is 1. The average molecular weight is 313 g/mol. The van der Waals surface area contributed by atoms with E-state index in [1.54, 1.807) is 12.4 Å². The van der Waals surface area contributed by atoms with Crippen molar-refractivity contribution in [3.05, 3.63) is 48.3 Å².